The van der Waals surface area contributed by atoms with Gasteiger partial charge in [-0.1, -0.05) is 6.58 Å². The molecule has 0 aromatic carbocycles. The van der Waals surface area contributed by atoms with Gasteiger partial charge >= 0.3 is 11.9 Å². The first-order valence-electron chi connectivity index (χ1n) is 5.27. The number of ether oxygens (including phenoxy) is 2. The smallest absolute Gasteiger partial charge is 0.336 e. The maximum Gasteiger partial charge on any atom is 0.336 e. The lowest BCUT2D eigenvalue weighted by molar-refractivity contribution is -0.162. The summed E-state index contributed by atoms with van der Waals surface area (Å²) in [5.41, 5.74) is 0.0489. The van der Waals surface area contributed by atoms with E-state index in [2.05, 4.69) is 11.3 Å². The maximum atomic E-state index is 11.5. The van der Waals surface area contributed by atoms with E-state index in [9.17, 15) is 9.59 Å². The molecule has 0 aliphatic carbocycles. The molecule has 1 N–H and O–H groups in total. The third-order valence-electron chi connectivity index (χ3n) is 2.38. The van der Waals surface area contributed by atoms with Crippen LogP contribution >= 0.6 is 0 Å². The molecule has 1 rings (SSSR count). The summed E-state index contributed by atoms with van der Waals surface area (Å²) in [6.45, 7) is 5.24. The Balaban J connectivity index is 2.63. The van der Waals surface area contributed by atoms with Crippen molar-refractivity contribution in [3.8, 4) is 0 Å². The second-order valence-electron chi connectivity index (χ2n) is 3.75. The van der Waals surface area contributed by atoms with Gasteiger partial charge in [-0.15, -0.1) is 0 Å². The summed E-state index contributed by atoms with van der Waals surface area (Å²) in [7, 11) is 0. The Kier molecular flexibility index (Phi) is 4.49. The second kappa shape index (κ2) is 5.65. The van der Waals surface area contributed by atoms with Crippen LogP contribution in [0.4, 0.5) is 0 Å². The molecular formula is C11H16O5. The number of rotatable bonds is 3. The zero-order valence-electron chi connectivity index (χ0n) is 9.27. The normalized spacial score (nSPS) is 22.9. The molecule has 2 atom stereocenters. The van der Waals surface area contributed by atoms with Crippen molar-refractivity contribution >= 4 is 11.9 Å². The van der Waals surface area contributed by atoms with Crippen LogP contribution in [0.5, 0.6) is 0 Å². The van der Waals surface area contributed by atoms with E-state index in [1.807, 2.05) is 0 Å². The molecule has 0 radical (unpaired) electrons. The van der Waals surface area contributed by atoms with Crippen molar-refractivity contribution in [3.05, 3.63) is 12.2 Å². The largest absolute Gasteiger partial charge is 0.465 e. The van der Waals surface area contributed by atoms with Crippen LogP contribution in [0.3, 0.4) is 0 Å². The number of carbonyl (C=O) groups excluding carboxylic acids is 2. The molecule has 0 aromatic rings. The highest BCUT2D eigenvalue weighted by Gasteiger charge is 2.30. The van der Waals surface area contributed by atoms with Gasteiger partial charge in [0.15, 0.2) is 6.29 Å². The number of aliphatic hydroxyl groups excluding tert-OH is 1. The molecule has 0 aromatic heterocycles. The lowest BCUT2D eigenvalue weighted by Gasteiger charge is -2.15. The Labute approximate surface area is 94.0 Å². The van der Waals surface area contributed by atoms with Gasteiger partial charge in [0.2, 0.25) is 0 Å². The summed E-state index contributed by atoms with van der Waals surface area (Å²) in [6, 6.07) is 0. The summed E-state index contributed by atoms with van der Waals surface area (Å²) in [5.74, 6) is -1.84. The van der Waals surface area contributed by atoms with Gasteiger partial charge in [-0.05, 0) is 26.2 Å². The average molecular weight is 228 g/mol. The van der Waals surface area contributed by atoms with E-state index in [1.54, 1.807) is 0 Å². The molecule has 2 unspecified atom stereocenters. The Hall–Kier alpha value is -1.36. The molecule has 5 nitrogen and oxygen atoms in total. The number of aliphatic hydroxyl groups is 1. The first-order valence-corrected chi connectivity index (χ1v) is 5.27. The lowest BCUT2D eigenvalue weighted by Crippen LogP contribution is -2.25. The zero-order chi connectivity index (χ0) is 12.1. The minimum atomic E-state index is -1.20. The highest BCUT2D eigenvalue weighted by atomic mass is 16.6. The van der Waals surface area contributed by atoms with E-state index in [1.165, 1.54) is 6.92 Å². The predicted molar refractivity (Wildman–Crippen MR) is 55.2 cm³/mol. The van der Waals surface area contributed by atoms with Crippen molar-refractivity contribution in [2.24, 2.45) is 5.92 Å². The molecule has 1 aliphatic heterocycles. The van der Waals surface area contributed by atoms with Crippen molar-refractivity contribution in [2.45, 2.75) is 32.5 Å². The number of cyclic esters (lactones) is 1. The van der Waals surface area contributed by atoms with Crippen LogP contribution in [0.25, 0.3) is 0 Å². The molecule has 1 heterocycles. The third-order valence-corrected chi connectivity index (χ3v) is 2.38. The van der Waals surface area contributed by atoms with E-state index in [0.717, 1.165) is 12.8 Å². The molecule has 16 heavy (non-hydrogen) atoms. The molecule has 1 saturated heterocycles. The van der Waals surface area contributed by atoms with Crippen molar-refractivity contribution in [1.82, 2.24) is 0 Å². The Morgan fingerprint density at radius 1 is 1.62 bits per heavy atom. The van der Waals surface area contributed by atoms with Gasteiger partial charge in [0.1, 0.15) is 0 Å². The predicted octanol–water partition coefficient (Wildman–Crippen LogP) is 0.767. The molecular weight excluding hydrogens is 212 g/mol. The molecule has 90 valence electrons. The number of carbonyl (C=O) groups is 2. The van der Waals surface area contributed by atoms with E-state index < -0.39 is 24.1 Å². The van der Waals surface area contributed by atoms with Gasteiger partial charge in [0.05, 0.1) is 12.5 Å². The van der Waals surface area contributed by atoms with Crippen LogP contribution in [0.15, 0.2) is 12.2 Å². The van der Waals surface area contributed by atoms with Crippen molar-refractivity contribution in [2.75, 3.05) is 6.61 Å². The summed E-state index contributed by atoms with van der Waals surface area (Å²) in [6.07, 6.45) is 0.927. The molecule has 1 aliphatic rings. The van der Waals surface area contributed by atoms with Gasteiger partial charge in [-0.3, -0.25) is 4.79 Å². The molecule has 0 bridgehead atoms. The zero-order valence-corrected chi connectivity index (χ0v) is 9.27. The van der Waals surface area contributed by atoms with Gasteiger partial charge < -0.3 is 14.6 Å². The maximum absolute atomic E-state index is 11.5. The van der Waals surface area contributed by atoms with E-state index >= 15 is 0 Å². The lowest BCUT2D eigenvalue weighted by atomic mass is 9.95. The SMILES string of the molecule is C=C(C(=O)OC(C)O)C1CCCCOC1=O. The number of hydrogen-bond donors (Lipinski definition) is 1. The molecule has 0 saturated carbocycles. The van der Waals surface area contributed by atoms with Gasteiger partial charge in [0, 0.05) is 5.57 Å². The quantitative estimate of drug-likeness (QED) is 0.438. The number of esters is 2. The highest BCUT2D eigenvalue weighted by molar-refractivity contribution is 5.95. The van der Waals surface area contributed by atoms with E-state index in [4.69, 9.17) is 9.84 Å². The Morgan fingerprint density at radius 3 is 2.94 bits per heavy atom. The van der Waals surface area contributed by atoms with Gasteiger partial charge in [0.25, 0.3) is 0 Å². The highest BCUT2D eigenvalue weighted by Crippen LogP contribution is 2.23. The average Bonchev–Trinajstić information content (AvgIpc) is 2.40. The van der Waals surface area contributed by atoms with Gasteiger partial charge in [-0.25, -0.2) is 4.79 Å². The molecule has 0 spiro atoms. The van der Waals surface area contributed by atoms with Crippen molar-refractivity contribution in [1.29, 1.82) is 0 Å². The van der Waals surface area contributed by atoms with Gasteiger partial charge in [-0.2, -0.15) is 0 Å². The van der Waals surface area contributed by atoms with E-state index in [0.29, 0.717) is 13.0 Å². The van der Waals surface area contributed by atoms with Crippen LogP contribution < -0.4 is 0 Å². The number of hydrogen-bond acceptors (Lipinski definition) is 5. The summed E-state index contributed by atoms with van der Waals surface area (Å²) in [5, 5.41) is 8.89. The van der Waals surface area contributed by atoms with Crippen LogP contribution in [0, 0.1) is 5.92 Å². The van der Waals surface area contributed by atoms with Crippen molar-refractivity contribution in [3.63, 3.8) is 0 Å². The minimum Gasteiger partial charge on any atom is -0.465 e. The Bertz CT molecular complexity index is 295. The monoisotopic (exact) mass is 228 g/mol. The topological polar surface area (TPSA) is 72.8 Å². The fourth-order valence-corrected chi connectivity index (χ4v) is 1.53. The van der Waals surface area contributed by atoms with E-state index in [-0.39, 0.29) is 5.57 Å². The first-order chi connectivity index (χ1) is 7.52. The summed E-state index contributed by atoms with van der Waals surface area (Å²) < 4.78 is 9.49. The molecule has 1 fully saturated rings. The van der Waals surface area contributed by atoms with Crippen LogP contribution in [0.2, 0.25) is 0 Å². The van der Waals surface area contributed by atoms with Crippen molar-refractivity contribution < 1.29 is 24.2 Å². The second-order valence-corrected chi connectivity index (χ2v) is 3.75. The third kappa shape index (κ3) is 3.34. The van der Waals surface area contributed by atoms with Crippen LogP contribution in [-0.2, 0) is 19.1 Å². The fraction of sp³-hybridized carbons (Fsp3) is 0.636. The summed E-state index contributed by atoms with van der Waals surface area (Å²) >= 11 is 0. The standard InChI is InChI=1S/C11H16O5/c1-7(10(13)16-8(2)12)9-5-3-4-6-15-11(9)14/h8-9,12H,1,3-6H2,2H3. The first kappa shape index (κ1) is 12.7. The van der Waals surface area contributed by atoms with Crippen LogP contribution in [-0.4, -0.2) is 29.9 Å². The van der Waals surface area contributed by atoms with Crippen LogP contribution in [0.1, 0.15) is 26.2 Å². The Morgan fingerprint density at radius 2 is 2.31 bits per heavy atom. The fourth-order valence-electron chi connectivity index (χ4n) is 1.53. The molecule has 0 amide bonds. The summed E-state index contributed by atoms with van der Waals surface area (Å²) in [4.78, 5) is 22.9. The minimum absolute atomic E-state index is 0.0489. The molecule has 5 heteroatoms.